The largest absolute Gasteiger partial charge is 0.511 e. The Labute approximate surface area is 194 Å². The van der Waals surface area contributed by atoms with Gasteiger partial charge < -0.3 is 29.9 Å². The Hall–Kier alpha value is -2.59. The van der Waals surface area contributed by atoms with Gasteiger partial charge in [-0.1, -0.05) is 6.08 Å². The Kier molecular flexibility index (Phi) is 9.80. The molecular formula is C20H20NaO9. The maximum absolute atomic E-state index is 12.2. The van der Waals surface area contributed by atoms with E-state index in [4.69, 9.17) is 14.6 Å². The van der Waals surface area contributed by atoms with Gasteiger partial charge in [-0.15, -0.1) is 0 Å². The topological polar surface area (TPSA) is 151 Å². The predicted octanol–water partition coefficient (Wildman–Crippen LogP) is 1.14. The molecule has 2 atom stereocenters. The fraction of sp³-hybridized carbons (Fsp3) is 0.250. The zero-order valence-electron chi connectivity index (χ0n) is 16.4. The maximum Gasteiger partial charge on any atom is 0.311 e. The van der Waals surface area contributed by atoms with Crippen molar-refractivity contribution in [3.8, 4) is 11.5 Å². The predicted molar refractivity (Wildman–Crippen MR) is 105 cm³/mol. The number of phenols is 1. The molecule has 0 aliphatic heterocycles. The number of carbonyl (C=O) groups excluding carboxylic acids is 2. The molecule has 1 radical (unpaired) electrons. The third-order valence-electron chi connectivity index (χ3n) is 4.00. The number of carboxylic acid groups (broad SMARTS) is 1. The van der Waals surface area contributed by atoms with Gasteiger partial charge in [-0.2, -0.15) is 0 Å². The molecule has 0 aromatic heterocycles. The van der Waals surface area contributed by atoms with Crippen LogP contribution in [0.2, 0.25) is 0 Å². The Morgan fingerprint density at radius 2 is 1.90 bits per heavy atom. The van der Waals surface area contributed by atoms with Gasteiger partial charge in [0.2, 0.25) is 0 Å². The van der Waals surface area contributed by atoms with Crippen molar-refractivity contribution < 1.29 is 44.3 Å². The molecule has 10 heteroatoms. The summed E-state index contributed by atoms with van der Waals surface area (Å²) in [5.41, 5.74) is 0.185. The number of methoxy groups -OCH3 is 1. The van der Waals surface area contributed by atoms with Gasteiger partial charge in [-0.25, -0.2) is 0 Å². The molecule has 0 amide bonds. The van der Waals surface area contributed by atoms with E-state index in [-0.39, 0.29) is 58.1 Å². The summed E-state index contributed by atoms with van der Waals surface area (Å²) in [7, 11) is 1.38. The van der Waals surface area contributed by atoms with Crippen molar-refractivity contribution in [1.29, 1.82) is 0 Å². The third kappa shape index (κ3) is 7.03. The molecule has 0 spiro atoms. The number of ether oxygens (including phenoxy) is 2. The number of aliphatic hydroxyl groups excluding tert-OH is 2. The average Bonchev–Trinajstić information content (AvgIpc) is 2.65. The first-order chi connectivity index (χ1) is 13.7. The monoisotopic (exact) mass is 427 g/mol. The van der Waals surface area contributed by atoms with Crippen molar-refractivity contribution in [3.63, 3.8) is 0 Å². The van der Waals surface area contributed by atoms with Crippen molar-refractivity contribution in [2.45, 2.75) is 12.5 Å². The summed E-state index contributed by atoms with van der Waals surface area (Å²) in [5, 5.41) is 38.5. The summed E-state index contributed by atoms with van der Waals surface area (Å²) in [4.78, 5) is 34.0. The smallest absolute Gasteiger partial charge is 0.311 e. The van der Waals surface area contributed by atoms with Gasteiger partial charge in [0.15, 0.2) is 23.1 Å². The van der Waals surface area contributed by atoms with E-state index in [2.05, 4.69) is 0 Å². The molecule has 155 valence electrons. The van der Waals surface area contributed by atoms with E-state index in [9.17, 15) is 29.7 Å². The first-order valence-corrected chi connectivity index (χ1v) is 8.47. The van der Waals surface area contributed by atoms with Crippen LogP contribution >= 0.6 is 0 Å². The van der Waals surface area contributed by atoms with Gasteiger partial charge in [0.25, 0.3) is 0 Å². The molecule has 0 bridgehead atoms. The van der Waals surface area contributed by atoms with Crippen LogP contribution in [-0.2, 0) is 14.3 Å². The number of ketones is 2. The van der Waals surface area contributed by atoms with Crippen LogP contribution in [0.4, 0.5) is 0 Å². The molecule has 0 heterocycles. The number of allylic oxidation sites excluding steroid dienone is 2. The Morgan fingerprint density at radius 1 is 1.20 bits per heavy atom. The summed E-state index contributed by atoms with van der Waals surface area (Å²) < 4.78 is 9.99. The summed E-state index contributed by atoms with van der Waals surface area (Å²) in [5.74, 6) is -3.62. The summed E-state index contributed by atoms with van der Waals surface area (Å²) >= 11 is 0. The Bertz CT molecular complexity index is 902. The van der Waals surface area contributed by atoms with Gasteiger partial charge in [-0.3, -0.25) is 14.4 Å². The number of aromatic hydroxyl groups is 1. The van der Waals surface area contributed by atoms with Crippen LogP contribution in [0.15, 0.2) is 54.0 Å². The first-order valence-electron chi connectivity index (χ1n) is 8.47. The standard InChI is InChI=1S/C20H20O9.Na/c1-28-19-5-2-11(6-18(19)25)15(22)4-3-14-16(23)8-13(9-17(14)24)29-10-12(21)7-20(26)27;/h2-6,8-9,14,16,23-25H,7,10H2,1H3,(H,26,27);. The van der Waals surface area contributed by atoms with Crippen LogP contribution in [0.25, 0.3) is 0 Å². The molecule has 30 heavy (non-hydrogen) atoms. The van der Waals surface area contributed by atoms with Crippen molar-refractivity contribution in [1.82, 2.24) is 0 Å². The average molecular weight is 427 g/mol. The van der Waals surface area contributed by atoms with E-state index in [1.54, 1.807) is 0 Å². The van der Waals surface area contributed by atoms with Crippen LogP contribution in [0.5, 0.6) is 11.5 Å². The summed E-state index contributed by atoms with van der Waals surface area (Å²) in [6, 6.07) is 4.12. The molecule has 1 aliphatic rings. The molecule has 0 fully saturated rings. The zero-order valence-corrected chi connectivity index (χ0v) is 18.4. The fourth-order valence-corrected chi connectivity index (χ4v) is 2.55. The molecule has 0 saturated heterocycles. The first kappa shape index (κ1) is 25.4. The Balaban J connectivity index is 0.00000450. The number of carboxylic acids is 1. The fourth-order valence-electron chi connectivity index (χ4n) is 2.55. The molecule has 2 rings (SSSR count). The van der Waals surface area contributed by atoms with Gasteiger partial charge in [0.05, 0.1) is 19.1 Å². The molecule has 1 aromatic carbocycles. The van der Waals surface area contributed by atoms with Gasteiger partial charge in [0, 0.05) is 41.2 Å². The van der Waals surface area contributed by atoms with Crippen molar-refractivity contribution >= 4 is 47.1 Å². The number of Topliss-reactive ketones (excluding diaryl/α,β-unsaturated/α-hetero) is 1. The zero-order chi connectivity index (χ0) is 21.6. The third-order valence-corrected chi connectivity index (χ3v) is 4.00. The summed E-state index contributed by atoms with van der Waals surface area (Å²) in [6.45, 7) is -0.519. The molecule has 2 unspecified atom stereocenters. The molecule has 1 aromatic rings. The minimum Gasteiger partial charge on any atom is -0.511 e. The van der Waals surface area contributed by atoms with Gasteiger partial charge in [0.1, 0.15) is 24.5 Å². The van der Waals surface area contributed by atoms with E-state index in [1.165, 1.54) is 43.5 Å². The molecule has 1 aliphatic carbocycles. The quantitative estimate of drug-likeness (QED) is 0.197. The molecule has 0 saturated carbocycles. The number of rotatable bonds is 9. The van der Waals surface area contributed by atoms with E-state index in [1.807, 2.05) is 0 Å². The molecule has 4 N–H and O–H groups in total. The number of aliphatic hydroxyl groups is 2. The number of benzene rings is 1. The van der Waals surface area contributed by atoms with Crippen molar-refractivity contribution in [2.24, 2.45) is 5.92 Å². The second kappa shape index (κ2) is 11.6. The van der Waals surface area contributed by atoms with Crippen LogP contribution in [0.1, 0.15) is 16.8 Å². The van der Waals surface area contributed by atoms with Crippen molar-refractivity contribution in [2.75, 3.05) is 13.7 Å². The minimum absolute atomic E-state index is 0. The van der Waals surface area contributed by atoms with Crippen LogP contribution in [0, 0.1) is 5.92 Å². The molecule has 9 nitrogen and oxygen atoms in total. The number of phenolic OH excluding ortho intramolecular Hbond substituents is 1. The van der Waals surface area contributed by atoms with E-state index < -0.39 is 42.6 Å². The number of hydrogen-bond donors (Lipinski definition) is 4. The van der Waals surface area contributed by atoms with Crippen LogP contribution in [0.3, 0.4) is 0 Å². The van der Waals surface area contributed by atoms with Gasteiger partial charge in [-0.05, 0) is 30.4 Å². The van der Waals surface area contributed by atoms with Crippen molar-refractivity contribution in [3.05, 3.63) is 59.6 Å². The van der Waals surface area contributed by atoms with E-state index in [0.29, 0.717) is 0 Å². The van der Waals surface area contributed by atoms with Crippen LogP contribution < -0.4 is 4.74 Å². The maximum atomic E-state index is 12.2. The second-order valence-corrected chi connectivity index (χ2v) is 6.16. The minimum atomic E-state index is -1.28. The van der Waals surface area contributed by atoms with E-state index >= 15 is 0 Å². The van der Waals surface area contributed by atoms with Gasteiger partial charge >= 0.3 is 5.97 Å². The number of aliphatic carboxylic acids is 1. The normalized spacial score (nSPS) is 18.1. The second-order valence-electron chi connectivity index (χ2n) is 6.16. The molecular weight excluding hydrogens is 407 g/mol. The van der Waals surface area contributed by atoms with Crippen LogP contribution in [-0.4, -0.2) is 87.3 Å². The number of carbonyl (C=O) groups is 3. The Morgan fingerprint density at radius 3 is 2.47 bits per heavy atom. The number of hydrogen-bond acceptors (Lipinski definition) is 8. The SMILES string of the molecule is COc1ccc(C(=O)C=CC2C(O)=CC(OCC(=O)CC(=O)O)=CC2O)cc1O.[Na]. The summed E-state index contributed by atoms with van der Waals surface area (Å²) in [6.07, 6.45) is 2.90. The van der Waals surface area contributed by atoms with E-state index in [0.717, 1.165) is 6.08 Å².